The maximum absolute atomic E-state index is 13.0. The normalized spacial score (nSPS) is 23.6. The molecule has 0 aromatic heterocycles. The summed E-state index contributed by atoms with van der Waals surface area (Å²) in [6, 6.07) is 0. The van der Waals surface area contributed by atoms with Crippen LogP contribution in [0.25, 0.3) is 0 Å². The first-order valence-corrected chi connectivity index (χ1v) is 9.24. The first-order chi connectivity index (χ1) is 9.99. The lowest BCUT2D eigenvalue weighted by Crippen LogP contribution is -2.29. The lowest BCUT2D eigenvalue weighted by molar-refractivity contribution is -0.139. The van der Waals surface area contributed by atoms with Gasteiger partial charge in [0.2, 0.25) is 0 Å². The molecule has 1 fully saturated rings. The van der Waals surface area contributed by atoms with Crippen molar-refractivity contribution >= 4 is 7.59 Å². The van der Waals surface area contributed by atoms with Gasteiger partial charge >= 0.3 is 7.59 Å². The second kappa shape index (κ2) is 7.45. The second-order valence-electron chi connectivity index (χ2n) is 6.79. The van der Waals surface area contributed by atoms with Crippen LogP contribution in [0.5, 0.6) is 0 Å². The highest BCUT2D eigenvalue weighted by molar-refractivity contribution is 7.56. The first-order valence-electron chi connectivity index (χ1n) is 7.68. The number of rotatable bonds is 7. The minimum absolute atomic E-state index is 0.120. The van der Waals surface area contributed by atoms with Gasteiger partial charge in [0.1, 0.15) is 0 Å². The summed E-state index contributed by atoms with van der Waals surface area (Å²) in [5, 5.41) is 0. The summed E-state index contributed by atoms with van der Waals surface area (Å²) >= 11 is 0. The molecule has 0 N–H and O–H groups in total. The second-order valence-corrected chi connectivity index (χ2v) is 10.0. The zero-order valence-electron chi connectivity index (χ0n) is 15.2. The average molecular weight is 333 g/mol. The SMILES string of the molecule is CC(/C=C/N(C)P(=O)(N(C)C)N(C)C)CC1COC(C)(C)O1. The van der Waals surface area contributed by atoms with Gasteiger partial charge in [0.25, 0.3) is 0 Å². The number of ether oxygens (including phenoxy) is 2. The molecule has 0 spiro atoms. The Morgan fingerprint density at radius 1 is 1.23 bits per heavy atom. The molecule has 1 heterocycles. The van der Waals surface area contributed by atoms with E-state index in [0.717, 1.165) is 6.42 Å². The monoisotopic (exact) mass is 333 g/mol. The van der Waals surface area contributed by atoms with Crippen molar-refractivity contribution in [2.45, 2.75) is 39.1 Å². The predicted molar refractivity (Wildman–Crippen MR) is 90.6 cm³/mol. The van der Waals surface area contributed by atoms with E-state index in [2.05, 4.69) is 13.0 Å². The van der Waals surface area contributed by atoms with Crippen molar-refractivity contribution in [3.8, 4) is 0 Å². The van der Waals surface area contributed by atoms with Crippen LogP contribution in [-0.2, 0) is 14.0 Å². The Labute approximate surface area is 135 Å². The maximum atomic E-state index is 13.0. The van der Waals surface area contributed by atoms with E-state index in [-0.39, 0.29) is 6.10 Å². The molecule has 0 aromatic rings. The van der Waals surface area contributed by atoms with E-state index in [1.165, 1.54) is 0 Å². The van der Waals surface area contributed by atoms with Crippen LogP contribution in [0.15, 0.2) is 12.3 Å². The molecule has 0 bridgehead atoms. The summed E-state index contributed by atoms with van der Waals surface area (Å²) < 4.78 is 29.8. The highest BCUT2D eigenvalue weighted by Crippen LogP contribution is 2.52. The van der Waals surface area contributed by atoms with Gasteiger partial charge in [0.15, 0.2) is 5.79 Å². The number of nitrogens with zero attached hydrogens (tertiary/aromatic N) is 3. The van der Waals surface area contributed by atoms with Gasteiger partial charge in [-0.2, -0.15) is 0 Å². The molecule has 0 aliphatic carbocycles. The Morgan fingerprint density at radius 2 is 1.77 bits per heavy atom. The molecule has 1 rings (SSSR count). The molecule has 7 heteroatoms. The minimum atomic E-state index is -2.71. The fourth-order valence-electron chi connectivity index (χ4n) is 2.65. The summed E-state index contributed by atoms with van der Waals surface area (Å²) in [5.41, 5.74) is 0. The molecule has 6 nitrogen and oxygen atoms in total. The molecular weight excluding hydrogens is 301 g/mol. The van der Waals surface area contributed by atoms with Crippen molar-refractivity contribution in [3.63, 3.8) is 0 Å². The minimum Gasteiger partial charge on any atom is -0.348 e. The first kappa shape index (κ1) is 19.7. The average Bonchev–Trinajstić information content (AvgIpc) is 2.73. The lowest BCUT2D eigenvalue weighted by Gasteiger charge is -2.36. The van der Waals surface area contributed by atoms with Crippen molar-refractivity contribution in [1.29, 1.82) is 0 Å². The number of hydrogen-bond acceptors (Lipinski definition) is 3. The Morgan fingerprint density at radius 3 is 2.18 bits per heavy atom. The summed E-state index contributed by atoms with van der Waals surface area (Å²) in [7, 11) is 6.47. The van der Waals surface area contributed by atoms with Gasteiger partial charge in [-0.1, -0.05) is 13.0 Å². The molecule has 1 saturated heterocycles. The smallest absolute Gasteiger partial charge is 0.309 e. The van der Waals surface area contributed by atoms with E-state index < -0.39 is 13.4 Å². The zero-order chi connectivity index (χ0) is 17.1. The predicted octanol–water partition coefficient (Wildman–Crippen LogP) is 2.84. The number of hydrogen-bond donors (Lipinski definition) is 0. The molecular formula is C15H32N3O3P. The molecule has 2 unspecified atom stereocenters. The molecule has 0 radical (unpaired) electrons. The summed E-state index contributed by atoms with van der Waals surface area (Å²) in [4.78, 5) is 0. The Kier molecular flexibility index (Phi) is 6.66. The zero-order valence-corrected chi connectivity index (χ0v) is 16.1. The van der Waals surface area contributed by atoms with Crippen LogP contribution in [0.4, 0.5) is 0 Å². The van der Waals surface area contributed by atoms with E-state index >= 15 is 0 Å². The number of allylic oxidation sites excluding steroid dienone is 1. The third-order valence-electron chi connectivity index (χ3n) is 3.79. The third kappa shape index (κ3) is 4.80. The highest BCUT2D eigenvalue weighted by Gasteiger charge is 2.33. The van der Waals surface area contributed by atoms with E-state index in [9.17, 15) is 4.57 Å². The van der Waals surface area contributed by atoms with Crippen LogP contribution in [0, 0.1) is 5.92 Å². The topological polar surface area (TPSA) is 45.3 Å². The molecule has 0 aromatic carbocycles. The summed E-state index contributed by atoms with van der Waals surface area (Å²) in [6.45, 7) is 6.64. The molecule has 2 atom stereocenters. The van der Waals surface area contributed by atoms with Crippen molar-refractivity contribution in [3.05, 3.63) is 12.3 Å². The largest absolute Gasteiger partial charge is 0.348 e. The highest BCUT2D eigenvalue weighted by atomic mass is 31.2. The van der Waals surface area contributed by atoms with Crippen molar-refractivity contribution in [2.24, 2.45) is 5.92 Å². The van der Waals surface area contributed by atoms with Crippen LogP contribution in [0.2, 0.25) is 0 Å². The molecule has 130 valence electrons. The van der Waals surface area contributed by atoms with Crippen molar-refractivity contribution in [2.75, 3.05) is 41.8 Å². The van der Waals surface area contributed by atoms with Crippen LogP contribution < -0.4 is 0 Å². The van der Waals surface area contributed by atoms with Crippen LogP contribution in [0.3, 0.4) is 0 Å². The molecule has 1 aliphatic heterocycles. The maximum Gasteiger partial charge on any atom is 0.309 e. The van der Waals surface area contributed by atoms with Gasteiger partial charge in [-0.25, -0.2) is 9.34 Å². The molecule has 0 saturated carbocycles. The Balaban J connectivity index is 2.61. The van der Waals surface area contributed by atoms with E-state index in [1.54, 1.807) is 14.0 Å². The van der Waals surface area contributed by atoms with Gasteiger partial charge < -0.3 is 14.1 Å². The molecule has 22 heavy (non-hydrogen) atoms. The standard InChI is InChI=1S/C15H32N3O3P/c1-13(11-14-12-20-15(2,3)21-14)9-10-18(8)22(19,16(4)5)17(6)7/h9-10,13-14H,11-12H2,1-8H3/b10-9+. The van der Waals surface area contributed by atoms with E-state index in [0.29, 0.717) is 12.5 Å². The lowest BCUT2D eigenvalue weighted by atomic mass is 10.0. The quantitative estimate of drug-likeness (QED) is 0.668. The van der Waals surface area contributed by atoms with Gasteiger partial charge in [-0.15, -0.1) is 0 Å². The molecule has 0 amide bonds. The van der Waals surface area contributed by atoms with Gasteiger partial charge in [-0.05, 0) is 54.4 Å². The van der Waals surface area contributed by atoms with Gasteiger partial charge in [0.05, 0.1) is 12.7 Å². The fourth-order valence-corrected chi connectivity index (χ4v) is 4.75. The van der Waals surface area contributed by atoms with Crippen LogP contribution >= 0.6 is 7.59 Å². The van der Waals surface area contributed by atoms with Crippen molar-refractivity contribution in [1.82, 2.24) is 14.0 Å². The van der Waals surface area contributed by atoms with Crippen LogP contribution in [0.1, 0.15) is 27.2 Å². The molecule has 1 aliphatic rings. The fraction of sp³-hybridized carbons (Fsp3) is 0.867. The van der Waals surface area contributed by atoms with E-state index in [1.807, 2.05) is 55.3 Å². The van der Waals surface area contributed by atoms with Crippen molar-refractivity contribution < 1.29 is 14.0 Å². The van der Waals surface area contributed by atoms with Gasteiger partial charge in [-0.3, -0.25) is 4.57 Å². The Hall–Kier alpha value is -0.390. The summed E-state index contributed by atoms with van der Waals surface area (Å²) in [5.74, 6) is -0.154. The van der Waals surface area contributed by atoms with Crippen LogP contribution in [-0.4, -0.2) is 67.7 Å². The summed E-state index contributed by atoms with van der Waals surface area (Å²) in [6.07, 6.45) is 5.00. The van der Waals surface area contributed by atoms with Gasteiger partial charge in [0, 0.05) is 13.2 Å². The van der Waals surface area contributed by atoms with E-state index in [4.69, 9.17) is 9.47 Å². The Bertz CT molecular complexity index is 426. The third-order valence-corrected chi connectivity index (χ3v) is 6.82.